The van der Waals surface area contributed by atoms with E-state index in [2.05, 4.69) is 9.71 Å². The molecule has 1 aliphatic rings. The number of nitriles is 1. The lowest BCUT2D eigenvalue weighted by Gasteiger charge is -2.15. The normalized spacial score (nSPS) is 23.2. The molecule has 2 unspecified atom stereocenters. The maximum Gasteiger partial charge on any atom is 0.242 e. The summed E-state index contributed by atoms with van der Waals surface area (Å²) < 4.78 is 26.4. The lowest BCUT2D eigenvalue weighted by molar-refractivity contribution is 0.134. The highest BCUT2D eigenvalue weighted by atomic mass is 32.2. The molecule has 0 radical (unpaired) electrons. The average molecular weight is 281 g/mol. The maximum absolute atomic E-state index is 12.0. The van der Waals surface area contributed by atoms with Gasteiger partial charge in [0.2, 0.25) is 10.0 Å². The Hall–Kier alpha value is -1.49. The van der Waals surface area contributed by atoms with Crippen LogP contribution in [0.1, 0.15) is 25.0 Å². The van der Waals surface area contributed by atoms with Crippen LogP contribution in [0.3, 0.4) is 0 Å². The van der Waals surface area contributed by atoms with Crippen molar-refractivity contribution in [3.05, 3.63) is 24.0 Å². The summed E-state index contributed by atoms with van der Waals surface area (Å²) in [7, 11) is -3.63. The first-order valence-corrected chi connectivity index (χ1v) is 7.55. The topological polar surface area (TPSA) is 103 Å². The van der Waals surface area contributed by atoms with E-state index in [1.165, 1.54) is 12.1 Å². The number of hydrogen-bond acceptors (Lipinski definition) is 5. The molecule has 1 aromatic rings. The van der Waals surface area contributed by atoms with Gasteiger partial charge in [0.1, 0.15) is 16.7 Å². The minimum atomic E-state index is -3.63. The molecule has 0 bridgehead atoms. The molecule has 102 valence electrons. The van der Waals surface area contributed by atoms with E-state index >= 15 is 0 Å². The van der Waals surface area contributed by atoms with Gasteiger partial charge in [-0.3, -0.25) is 0 Å². The Morgan fingerprint density at radius 3 is 2.79 bits per heavy atom. The van der Waals surface area contributed by atoms with Crippen molar-refractivity contribution in [1.29, 1.82) is 5.26 Å². The Balaban J connectivity index is 2.03. The predicted molar refractivity (Wildman–Crippen MR) is 67.5 cm³/mol. The van der Waals surface area contributed by atoms with Crippen LogP contribution in [-0.2, 0) is 10.0 Å². The van der Waals surface area contributed by atoms with Crippen molar-refractivity contribution in [2.45, 2.75) is 30.3 Å². The van der Waals surface area contributed by atoms with Crippen molar-refractivity contribution in [1.82, 2.24) is 9.71 Å². The first-order chi connectivity index (χ1) is 9.03. The molecular weight excluding hydrogens is 266 g/mol. The van der Waals surface area contributed by atoms with Crippen LogP contribution in [0.15, 0.2) is 23.2 Å². The number of aliphatic hydroxyl groups is 1. The van der Waals surface area contributed by atoms with Gasteiger partial charge in [0.25, 0.3) is 0 Å². The molecule has 2 rings (SSSR count). The second-order valence-corrected chi connectivity index (χ2v) is 6.37. The van der Waals surface area contributed by atoms with Gasteiger partial charge in [-0.2, -0.15) is 5.26 Å². The monoisotopic (exact) mass is 281 g/mol. The molecule has 1 aromatic heterocycles. The number of hydrogen-bond donors (Lipinski definition) is 2. The molecule has 2 atom stereocenters. The fourth-order valence-corrected chi connectivity index (χ4v) is 3.20. The van der Waals surface area contributed by atoms with Crippen molar-refractivity contribution in [2.75, 3.05) is 6.54 Å². The van der Waals surface area contributed by atoms with E-state index < -0.39 is 16.1 Å². The zero-order valence-electron chi connectivity index (χ0n) is 10.3. The van der Waals surface area contributed by atoms with E-state index in [0.29, 0.717) is 0 Å². The Morgan fingerprint density at radius 2 is 2.26 bits per heavy atom. The smallest absolute Gasteiger partial charge is 0.242 e. The number of pyridine rings is 1. The van der Waals surface area contributed by atoms with Crippen LogP contribution in [0.25, 0.3) is 0 Å². The Morgan fingerprint density at radius 1 is 1.47 bits per heavy atom. The lowest BCUT2D eigenvalue weighted by Crippen LogP contribution is -2.32. The molecule has 7 heteroatoms. The standard InChI is InChI=1S/C12H15N3O3S/c13-6-10-4-5-11(8-14-10)19(17,18)15-7-9-2-1-3-12(9)16/h4-5,8-9,12,15-16H,1-3,7H2. The highest BCUT2D eigenvalue weighted by molar-refractivity contribution is 7.89. The summed E-state index contributed by atoms with van der Waals surface area (Å²) in [5.74, 6) is -0.0267. The Kier molecular flexibility index (Phi) is 4.14. The number of aromatic nitrogens is 1. The average Bonchev–Trinajstić information content (AvgIpc) is 2.82. The number of nitrogens with zero attached hydrogens (tertiary/aromatic N) is 2. The third-order valence-electron chi connectivity index (χ3n) is 3.32. The van der Waals surface area contributed by atoms with Gasteiger partial charge in [-0.15, -0.1) is 0 Å². The van der Waals surface area contributed by atoms with E-state index in [1.807, 2.05) is 6.07 Å². The molecule has 1 saturated carbocycles. The molecule has 19 heavy (non-hydrogen) atoms. The van der Waals surface area contributed by atoms with E-state index in [9.17, 15) is 13.5 Å². The van der Waals surface area contributed by atoms with Gasteiger partial charge >= 0.3 is 0 Å². The third kappa shape index (κ3) is 3.29. The van der Waals surface area contributed by atoms with Crippen LogP contribution in [-0.4, -0.2) is 31.2 Å². The molecule has 6 nitrogen and oxygen atoms in total. The fraction of sp³-hybridized carbons (Fsp3) is 0.500. The summed E-state index contributed by atoms with van der Waals surface area (Å²) in [5, 5.41) is 18.2. The van der Waals surface area contributed by atoms with Gasteiger partial charge < -0.3 is 5.11 Å². The molecule has 0 spiro atoms. The summed E-state index contributed by atoms with van der Waals surface area (Å²) in [6, 6.07) is 4.54. The van der Waals surface area contributed by atoms with Crippen molar-refractivity contribution in [3.8, 4) is 6.07 Å². The minimum Gasteiger partial charge on any atom is -0.393 e. The third-order valence-corrected chi connectivity index (χ3v) is 4.72. The highest BCUT2D eigenvalue weighted by Gasteiger charge is 2.26. The molecule has 0 saturated heterocycles. The zero-order valence-corrected chi connectivity index (χ0v) is 11.1. The maximum atomic E-state index is 12.0. The molecule has 0 aliphatic heterocycles. The van der Waals surface area contributed by atoms with Crippen LogP contribution in [0, 0.1) is 17.2 Å². The van der Waals surface area contributed by atoms with Crippen LogP contribution >= 0.6 is 0 Å². The van der Waals surface area contributed by atoms with Crippen molar-refractivity contribution in [2.24, 2.45) is 5.92 Å². The quantitative estimate of drug-likeness (QED) is 0.831. The van der Waals surface area contributed by atoms with Gasteiger partial charge in [-0.05, 0) is 30.9 Å². The zero-order chi connectivity index (χ0) is 13.9. The van der Waals surface area contributed by atoms with Gasteiger partial charge in [-0.25, -0.2) is 18.1 Å². The van der Waals surface area contributed by atoms with Crippen LogP contribution in [0.4, 0.5) is 0 Å². The number of rotatable bonds is 4. The Bertz CT molecular complexity index is 577. The van der Waals surface area contributed by atoms with E-state index in [-0.39, 0.29) is 23.1 Å². The van der Waals surface area contributed by atoms with Crippen molar-refractivity contribution < 1.29 is 13.5 Å². The van der Waals surface area contributed by atoms with Crippen LogP contribution < -0.4 is 4.72 Å². The molecule has 1 fully saturated rings. The first-order valence-electron chi connectivity index (χ1n) is 6.07. The van der Waals surface area contributed by atoms with Crippen molar-refractivity contribution >= 4 is 10.0 Å². The number of sulfonamides is 1. The molecule has 1 heterocycles. The van der Waals surface area contributed by atoms with E-state index in [4.69, 9.17) is 5.26 Å². The summed E-state index contributed by atoms with van der Waals surface area (Å²) in [6.07, 6.45) is 3.21. The second-order valence-electron chi connectivity index (χ2n) is 4.60. The van der Waals surface area contributed by atoms with Gasteiger partial charge in [0, 0.05) is 12.7 Å². The Labute approximate surface area is 112 Å². The molecule has 0 aromatic carbocycles. The number of aliphatic hydroxyl groups excluding tert-OH is 1. The van der Waals surface area contributed by atoms with Crippen LogP contribution in [0.2, 0.25) is 0 Å². The second kappa shape index (κ2) is 5.65. The summed E-state index contributed by atoms with van der Waals surface area (Å²) in [4.78, 5) is 3.76. The van der Waals surface area contributed by atoms with Gasteiger partial charge in [0.15, 0.2) is 0 Å². The minimum absolute atomic E-state index is 0.0267. The van der Waals surface area contributed by atoms with E-state index in [1.54, 1.807) is 0 Å². The van der Waals surface area contributed by atoms with E-state index in [0.717, 1.165) is 25.5 Å². The van der Waals surface area contributed by atoms with Crippen LogP contribution in [0.5, 0.6) is 0 Å². The molecule has 1 aliphatic carbocycles. The number of nitrogens with one attached hydrogen (secondary N) is 1. The largest absolute Gasteiger partial charge is 0.393 e. The fourth-order valence-electron chi connectivity index (χ4n) is 2.16. The van der Waals surface area contributed by atoms with Crippen molar-refractivity contribution in [3.63, 3.8) is 0 Å². The lowest BCUT2D eigenvalue weighted by atomic mass is 10.1. The summed E-state index contributed by atoms with van der Waals surface area (Å²) in [5.41, 5.74) is 0.171. The molecule has 0 amide bonds. The molecule has 2 N–H and O–H groups in total. The molecular formula is C12H15N3O3S. The summed E-state index contributed by atoms with van der Waals surface area (Å²) >= 11 is 0. The predicted octanol–water partition coefficient (Wildman–Crippen LogP) is 0.393. The summed E-state index contributed by atoms with van der Waals surface area (Å²) in [6.45, 7) is 0.226. The highest BCUT2D eigenvalue weighted by Crippen LogP contribution is 2.25. The van der Waals surface area contributed by atoms with Gasteiger partial charge in [0.05, 0.1) is 6.10 Å². The SMILES string of the molecule is N#Cc1ccc(S(=O)(=O)NCC2CCCC2O)cn1. The van der Waals surface area contributed by atoms with Gasteiger partial charge in [-0.1, -0.05) is 6.42 Å². The first kappa shape index (κ1) is 13.9.